The molecular weight excluding hydrogens is 400 g/mol. The highest BCUT2D eigenvalue weighted by atomic mass is 32.2. The average molecular weight is 429 g/mol. The number of thioether (sulfide) groups is 1. The van der Waals surface area contributed by atoms with Crippen molar-refractivity contribution in [1.82, 2.24) is 15.3 Å². The molecule has 3 heterocycles. The van der Waals surface area contributed by atoms with Crippen molar-refractivity contribution < 1.29 is 4.74 Å². The highest BCUT2D eigenvalue weighted by Crippen LogP contribution is 2.37. The van der Waals surface area contributed by atoms with E-state index >= 15 is 0 Å². The lowest BCUT2D eigenvalue weighted by Crippen LogP contribution is -2.31. The second-order valence-corrected chi connectivity index (χ2v) is 9.84. The molecule has 1 fully saturated rings. The average Bonchev–Trinajstić information content (AvgIpc) is 3.16. The summed E-state index contributed by atoms with van der Waals surface area (Å²) >= 11 is 3.47. The van der Waals surface area contributed by atoms with Gasteiger partial charge in [-0.3, -0.25) is 0 Å². The van der Waals surface area contributed by atoms with Gasteiger partial charge in [0, 0.05) is 21.7 Å². The molecule has 1 saturated heterocycles. The Morgan fingerprint density at radius 2 is 2.17 bits per heavy atom. The predicted octanol–water partition coefficient (Wildman–Crippen LogP) is 5.68. The maximum absolute atomic E-state index is 6.24. The van der Waals surface area contributed by atoms with Gasteiger partial charge < -0.3 is 15.4 Å². The normalized spacial score (nSPS) is 18.3. The van der Waals surface area contributed by atoms with E-state index in [1.54, 1.807) is 11.3 Å². The molecule has 1 unspecified atom stereocenters. The van der Waals surface area contributed by atoms with Crippen molar-refractivity contribution >= 4 is 34.0 Å². The lowest BCUT2D eigenvalue weighted by molar-refractivity contribution is 0.373. The monoisotopic (exact) mass is 428 g/mol. The first kappa shape index (κ1) is 20.4. The number of thiazole rings is 1. The van der Waals surface area contributed by atoms with Crippen LogP contribution in [0, 0.1) is 12.8 Å². The lowest BCUT2D eigenvalue weighted by Gasteiger charge is -2.27. The van der Waals surface area contributed by atoms with Gasteiger partial charge in [-0.1, -0.05) is 13.0 Å². The Balaban J connectivity index is 1.54. The van der Waals surface area contributed by atoms with Gasteiger partial charge in [0.25, 0.3) is 0 Å². The fourth-order valence-corrected chi connectivity index (χ4v) is 5.46. The van der Waals surface area contributed by atoms with Crippen molar-refractivity contribution in [2.45, 2.75) is 49.7 Å². The summed E-state index contributed by atoms with van der Waals surface area (Å²) < 4.78 is 6.24. The lowest BCUT2D eigenvalue weighted by atomic mass is 9.95. The Morgan fingerprint density at radius 1 is 1.31 bits per heavy atom. The number of hydrogen-bond acceptors (Lipinski definition) is 7. The van der Waals surface area contributed by atoms with Gasteiger partial charge in [0.05, 0.1) is 5.69 Å². The van der Waals surface area contributed by atoms with Crippen LogP contribution in [0.2, 0.25) is 0 Å². The molecule has 2 N–H and O–H groups in total. The second-order valence-electron chi connectivity index (χ2n) is 7.54. The third kappa shape index (κ3) is 5.62. The van der Waals surface area contributed by atoms with Crippen LogP contribution in [0.3, 0.4) is 0 Å². The molecule has 1 atom stereocenters. The minimum Gasteiger partial charge on any atom is -0.454 e. The van der Waals surface area contributed by atoms with Gasteiger partial charge in [-0.05, 0) is 69.8 Å². The topological polar surface area (TPSA) is 59.1 Å². The number of pyridine rings is 1. The Hall–Kier alpha value is -1.83. The van der Waals surface area contributed by atoms with Gasteiger partial charge in [-0.15, -0.1) is 23.1 Å². The van der Waals surface area contributed by atoms with Crippen LogP contribution in [0.1, 0.15) is 38.3 Å². The molecule has 4 rings (SSSR count). The quantitative estimate of drug-likeness (QED) is 0.553. The Bertz CT molecular complexity index is 887. The molecule has 154 valence electrons. The van der Waals surface area contributed by atoms with Gasteiger partial charge >= 0.3 is 0 Å². The van der Waals surface area contributed by atoms with Crippen molar-refractivity contribution in [3.63, 3.8) is 0 Å². The van der Waals surface area contributed by atoms with E-state index < -0.39 is 0 Å². The summed E-state index contributed by atoms with van der Waals surface area (Å²) in [4.78, 5) is 10.3. The molecule has 2 aromatic rings. The third-order valence-electron chi connectivity index (χ3n) is 5.23. The maximum atomic E-state index is 6.24. The van der Waals surface area contributed by atoms with Crippen molar-refractivity contribution in [1.29, 1.82) is 0 Å². The molecule has 0 spiro atoms. The summed E-state index contributed by atoms with van der Waals surface area (Å²) in [5.41, 5.74) is 1.00. The number of aromatic nitrogens is 2. The zero-order chi connectivity index (χ0) is 20.1. The van der Waals surface area contributed by atoms with Crippen LogP contribution >= 0.6 is 23.1 Å². The van der Waals surface area contributed by atoms with Crippen LogP contribution in [0.5, 0.6) is 5.75 Å². The van der Waals surface area contributed by atoms with Crippen molar-refractivity contribution in [3.05, 3.63) is 47.3 Å². The number of aryl methyl sites for hydroxylation is 1. The molecule has 0 aromatic carbocycles. The van der Waals surface area contributed by atoms with E-state index in [0.29, 0.717) is 11.1 Å². The van der Waals surface area contributed by atoms with E-state index in [-0.39, 0.29) is 0 Å². The summed E-state index contributed by atoms with van der Waals surface area (Å²) in [6.45, 7) is 6.57. The minimum absolute atomic E-state index is 0.556. The molecular formula is C22H28N4OS2. The van der Waals surface area contributed by atoms with Crippen LogP contribution in [0.15, 0.2) is 46.5 Å². The fraction of sp³-hybridized carbons (Fsp3) is 0.455. The van der Waals surface area contributed by atoms with Crippen molar-refractivity contribution in [3.8, 4) is 5.75 Å². The Morgan fingerprint density at radius 3 is 2.90 bits per heavy atom. The van der Waals surface area contributed by atoms with E-state index in [1.807, 2.05) is 36.3 Å². The first-order valence-corrected chi connectivity index (χ1v) is 12.0. The molecule has 7 heteroatoms. The minimum atomic E-state index is 0.556. The number of rotatable bonds is 7. The third-order valence-corrected chi connectivity index (χ3v) is 7.36. The van der Waals surface area contributed by atoms with Crippen molar-refractivity contribution in [2.24, 2.45) is 5.92 Å². The SMILES string of the molecule is Cc1csc(Nc2ncc(SC(C)C3CCNCC3)cc2OC2=CCCC=C2)n1. The zero-order valence-corrected chi connectivity index (χ0v) is 18.6. The van der Waals surface area contributed by atoms with Crippen LogP contribution in [0.4, 0.5) is 10.9 Å². The molecule has 1 aliphatic carbocycles. The van der Waals surface area contributed by atoms with E-state index in [2.05, 4.69) is 40.8 Å². The number of ether oxygens (including phenoxy) is 1. The molecule has 29 heavy (non-hydrogen) atoms. The standard InChI is InChI=1S/C22H28N4OS2/c1-15-14-28-22(25-15)26-21-20(27-18-6-4-3-5-7-18)12-19(13-24-21)29-16(2)17-8-10-23-11-9-17/h4,6-7,12-14,16-17,23H,3,5,8-11H2,1-2H3,(H,24,25,26). The van der Waals surface area contributed by atoms with Crippen LogP contribution < -0.4 is 15.4 Å². The summed E-state index contributed by atoms with van der Waals surface area (Å²) in [7, 11) is 0. The summed E-state index contributed by atoms with van der Waals surface area (Å²) in [6.07, 6.45) is 12.8. The smallest absolute Gasteiger partial charge is 0.188 e. The van der Waals surface area contributed by atoms with Crippen LogP contribution in [-0.4, -0.2) is 28.3 Å². The second kappa shape index (κ2) is 9.78. The van der Waals surface area contributed by atoms with Gasteiger partial charge in [0.2, 0.25) is 0 Å². The molecule has 0 bridgehead atoms. The van der Waals surface area contributed by atoms with Gasteiger partial charge in [-0.25, -0.2) is 9.97 Å². The fourth-order valence-electron chi connectivity index (χ4n) is 3.59. The molecule has 0 saturated carbocycles. The summed E-state index contributed by atoms with van der Waals surface area (Å²) in [6, 6.07) is 2.11. The Kier molecular flexibility index (Phi) is 6.90. The number of hydrogen-bond donors (Lipinski definition) is 2. The molecule has 1 aliphatic heterocycles. The molecule has 0 amide bonds. The number of allylic oxidation sites excluding steroid dienone is 3. The Labute approximate surface area is 181 Å². The molecule has 0 radical (unpaired) electrons. The zero-order valence-electron chi connectivity index (χ0n) is 17.0. The van der Waals surface area contributed by atoms with Gasteiger partial charge in [-0.2, -0.15) is 0 Å². The van der Waals surface area contributed by atoms with Gasteiger partial charge in [0.1, 0.15) is 5.76 Å². The number of nitrogens with zero attached hydrogens (tertiary/aromatic N) is 2. The highest BCUT2D eigenvalue weighted by molar-refractivity contribution is 8.00. The molecule has 2 aromatic heterocycles. The summed E-state index contributed by atoms with van der Waals surface area (Å²) in [5.74, 6) is 3.08. The first-order chi connectivity index (χ1) is 14.2. The van der Waals surface area contributed by atoms with E-state index in [0.717, 1.165) is 59.1 Å². The van der Waals surface area contributed by atoms with Gasteiger partial charge in [0.15, 0.2) is 16.7 Å². The number of nitrogens with one attached hydrogen (secondary N) is 2. The molecule has 2 aliphatic rings. The van der Waals surface area contributed by atoms with E-state index in [9.17, 15) is 0 Å². The number of anilines is 2. The highest BCUT2D eigenvalue weighted by Gasteiger charge is 2.21. The van der Waals surface area contributed by atoms with E-state index in [1.165, 1.54) is 12.8 Å². The summed E-state index contributed by atoms with van der Waals surface area (Å²) in [5, 5.41) is 10.2. The number of piperidine rings is 1. The van der Waals surface area contributed by atoms with Crippen molar-refractivity contribution in [2.75, 3.05) is 18.4 Å². The van der Waals surface area contributed by atoms with E-state index in [4.69, 9.17) is 9.72 Å². The predicted molar refractivity (Wildman–Crippen MR) is 122 cm³/mol. The maximum Gasteiger partial charge on any atom is 0.188 e. The van der Waals surface area contributed by atoms with Crippen LogP contribution in [-0.2, 0) is 0 Å². The largest absolute Gasteiger partial charge is 0.454 e. The first-order valence-electron chi connectivity index (χ1n) is 10.3. The van der Waals surface area contributed by atoms with Crippen LogP contribution in [0.25, 0.3) is 0 Å². The molecule has 5 nitrogen and oxygen atoms in total.